The zero-order chi connectivity index (χ0) is 13.9. The first-order valence-corrected chi connectivity index (χ1v) is 7.74. The van der Waals surface area contributed by atoms with Gasteiger partial charge < -0.3 is 10.8 Å². The van der Waals surface area contributed by atoms with Crippen LogP contribution in [0.25, 0.3) is 0 Å². The van der Waals surface area contributed by atoms with Gasteiger partial charge in [-0.15, -0.1) is 0 Å². The molecule has 0 radical (unpaired) electrons. The summed E-state index contributed by atoms with van der Waals surface area (Å²) in [6.07, 6.45) is 6.61. The lowest BCUT2D eigenvalue weighted by atomic mass is 9.50. The minimum absolute atomic E-state index is 0.428. The Bertz CT molecular complexity index is 538. The van der Waals surface area contributed by atoms with Gasteiger partial charge >= 0.3 is 5.97 Å². The summed E-state index contributed by atoms with van der Waals surface area (Å²) in [6.45, 7) is 0. The maximum Gasteiger partial charge on any atom is 0.335 e. The summed E-state index contributed by atoms with van der Waals surface area (Å²) in [7, 11) is 0. The van der Waals surface area contributed by atoms with E-state index in [9.17, 15) is 9.90 Å². The van der Waals surface area contributed by atoms with Crippen molar-refractivity contribution in [2.75, 3.05) is 5.73 Å². The molecular weight excluding hydrogens is 250 g/mol. The molecule has 0 saturated heterocycles. The molecule has 0 heterocycles. The molecule has 0 spiro atoms. The van der Waals surface area contributed by atoms with E-state index in [0.29, 0.717) is 29.0 Å². The number of aromatic carboxylic acids is 1. The molecule has 3 nitrogen and oxygen atoms in total. The van der Waals surface area contributed by atoms with Gasteiger partial charge in [-0.05, 0) is 85.5 Å². The Morgan fingerprint density at radius 3 is 2.20 bits per heavy atom. The molecular formula is C17H21NO2. The Morgan fingerprint density at radius 2 is 1.65 bits per heavy atom. The van der Waals surface area contributed by atoms with Crippen LogP contribution < -0.4 is 5.73 Å². The zero-order valence-corrected chi connectivity index (χ0v) is 11.6. The van der Waals surface area contributed by atoms with E-state index in [0.717, 1.165) is 17.4 Å². The third-order valence-electron chi connectivity index (χ3n) is 5.89. The maximum absolute atomic E-state index is 11.5. The summed E-state index contributed by atoms with van der Waals surface area (Å²) >= 11 is 0. The van der Waals surface area contributed by atoms with Gasteiger partial charge in [0, 0.05) is 5.69 Å². The minimum atomic E-state index is -0.811. The van der Waals surface area contributed by atoms with E-state index >= 15 is 0 Å². The lowest BCUT2D eigenvalue weighted by Gasteiger charge is -2.54. The van der Waals surface area contributed by atoms with E-state index in [1.54, 1.807) is 12.1 Å². The van der Waals surface area contributed by atoms with Crippen LogP contribution in [0.15, 0.2) is 18.2 Å². The van der Waals surface area contributed by atoms with Gasteiger partial charge in [0.05, 0.1) is 5.56 Å². The number of benzene rings is 1. The van der Waals surface area contributed by atoms with Crippen LogP contribution in [-0.4, -0.2) is 11.1 Å². The van der Waals surface area contributed by atoms with E-state index in [1.165, 1.54) is 32.1 Å². The van der Waals surface area contributed by atoms with Crippen molar-refractivity contribution in [3.8, 4) is 0 Å². The molecule has 4 aliphatic carbocycles. The largest absolute Gasteiger partial charge is 0.478 e. The molecule has 0 amide bonds. The molecule has 3 heteroatoms. The number of anilines is 1. The molecule has 4 aliphatic rings. The summed E-state index contributed by atoms with van der Waals surface area (Å²) in [5, 5.41) is 9.47. The average molecular weight is 271 g/mol. The van der Waals surface area contributed by atoms with Crippen molar-refractivity contribution < 1.29 is 9.90 Å². The van der Waals surface area contributed by atoms with Crippen LogP contribution in [0.1, 0.15) is 53.9 Å². The molecule has 1 aromatic rings. The van der Waals surface area contributed by atoms with Crippen molar-refractivity contribution in [3.05, 3.63) is 29.3 Å². The minimum Gasteiger partial charge on any atom is -0.478 e. The third-order valence-corrected chi connectivity index (χ3v) is 5.89. The second kappa shape index (κ2) is 4.24. The molecule has 0 unspecified atom stereocenters. The lowest BCUT2D eigenvalue weighted by Crippen LogP contribution is -2.44. The highest BCUT2D eigenvalue weighted by Crippen LogP contribution is 2.60. The molecule has 4 fully saturated rings. The highest BCUT2D eigenvalue weighted by Gasteiger charge is 2.49. The van der Waals surface area contributed by atoms with E-state index in [-0.39, 0.29) is 0 Å². The van der Waals surface area contributed by atoms with Crippen molar-refractivity contribution in [3.63, 3.8) is 0 Å². The smallest absolute Gasteiger partial charge is 0.335 e. The van der Waals surface area contributed by atoms with E-state index < -0.39 is 5.97 Å². The molecule has 4 bridgehead atoms. The normalized spacial score (nSPS) is 38.1. The summed E-state index contributed by atoms with van der Waals surface area (Å²) in [6, 6.07) is 5.33. The van der Waals surface area contributed by atoms with Gasteiger partial charge in [0.25, 0.3) is 0 Å². The van der Waals surface area contributed by atoms with Crippen LogP contribution in [0, 0.1) is 23.7 Å². The van der Waals surface area contributed by atoms with Crippen LogP contribution in [0.3, 0.4) is 0 Å². The predicted molar refractivity (Wildman–Crippen MR) is 77.6 cm³/mol. The van der Waals surface area contributed by atoms with Crippen molar-refractivity contribution in [2.24, 2.45) is 23.7 Å². The molecule has 3 N–H and O–H groups in total. The molecule has 5 rings (SSSR count). The predicted octanol–water partition coefficient (Wildman–Crippen LogP) is 3.51. The summed E-state index contributed by atoms with van der Waals surface area (Å²) in [5.74, 6) is 2.80. The molecule has 0 aromatic heterocycles. The Hall–Kier alpha value is -1.51. The van der Waals surface area contributed by atoms with Crippen molar-refractivity contribution in [1.29, 1.82) is 0 Å². The number of carbonyl (C=O) groups is 1. The first kappa shape index (κ1) is 12.2. The van der Waals surface area contributed by atoms with E-state index in [2.05, 4.69) is 0 Å². The third kappa shape index (κ3) is 1.75. The van der Waals surface area contributed by atoms with Crippen LogP contribution in [-0.2, 0) is 0 Å². The Balaban J connectivity index is 1.77. The highest BCUT2D eigenvalue weighted by atomic mass is 16.4. The van der Waals surface area contributed by atoms with Crippen molar-refractivity contribution in [1.82, 2.24) is 0 Å². The van der Waals surface area contributed by atoms with Gasteiger partial charge in [0.2, 0.25) is 0 Å². The molecule has 0 aliphatic heterocycles. The SMILES string of the molecule is Nc1ccc(C(=O)O)c(C2C3CC4CC(C3)CC2C4)c1. The van der Waals surface area contributed by atoms with Gasteiger partial charge in [0.1, 0.15) is 0 Å². The van der Waals surface area contributed by atoms with Crippen LogP contribution >= 0.6 is 0 Å². The molecule has 106 valence electrons. The van der Waals surface area contributed by atoms with Crippen LogP contribution in [0.2, 0.25) is 0 Å². The van der Waals surface area contributed by atoms with Crippen molar-refractivity contribution in [2.45, 2.75) is 38.0 Å². The second-order valence-corrected chi connectivity index (χ2v) is 7.11. The number of rotatable bonds is 2. The van der Waals surface area contributed by atoms with Crippen molar-refractivity contribution >= 4 is 11.7 Å². The fourth-order valence-electron chi connectivity index (χ4n) is 5.48. The highest BCUT2D eigenvalue weighted by molar-refractivity contribution is 5.90. The van der Waals surface area contributed by atoms with Gasteiger partial charge in [0.15, 0.2) is 0 Å². The standard InChI is InChI=1S/C17H21NO2/c18-13-1-2-14(17(19)20)15(8-13)16-11-4-9-3-10(6-11)7-12(16)5-9/h1-2,8-12,16H,3-7,18H2,(H,19,20). The van der Waals surface area contributed by atoms with Gasteiger partial charge in [-0.3, -0.25) is 0 Å². The van der Waals surface area contributed by atoms with E-state index in [1.807, 2.05) is 6.07 Å². The Kier molecular flexibility index (Phi) is 2.60. The number of hydrogen-bond acceptors (Lipinski definition) is 2. The number of nitrogens with two attached hydrogens (primary N) is 1. The second-order valence-electron chi connectivity index (χ2n) is 7.11. The lowest BCUT2D eigenvalue weighted by molar-refractivity contribution is -0.00313. The first-order valence-electron chi connectivity index (χ1n) is 7.74. The Morgan fingerprint density at radius 1 is 1.05 bits per heavy atom. The molecule has 20 heavy (non-hydrogen) atoms. The van der Waals surface area contributed by atoms with E-state index in [4.69, 9.17) is 5.73 Å². The van der Waals surface area contributed by atoms with Crippen LogP contribution in [0.5, 0.6) is 0 Å². The monoisotopic (exact) mass is 271 g/mol. The topological polar surface area (TPSA) is 63.3 Å². The number of nitrogen functional groups attached to an aromatic ring is 1. The molecule has 1 aromatic carbocycles. The summed E-state index contributed by atoms with van der Waals surface area (Å²) < 4.78 is 0. The van der Waals surface area contributed by atoms with Gasteiger partial charge in [-0.1, -0.05) is 0 Å². The average Bonchev–Trinajstić information content (AvgIpc) is 2.37. The van der Waals surface area contributed by atoms with Crippen LogP contribution in [0.4, 0.5) is 5.69 Å². The summed E-state index contributed by atoms with van der Waals surface area (Å²) in [4.78, 5) is 11.5. The number of carboxylic acid groups (broad SMARTS) is 1. The van der Waals surface area contributed by atoms with Gasteiger partial charge in [-0.25, -0.2) is 4.79 Å². The quantitative estimate of drug-likeness (QED) is 0.809. The molecule has 4 saturated carbocycles. The number of hydrogen-bond donors (Lipinski definition) is 2. The Labute approximate surface area is 119 Å². The number of carboxylic acids is 1. The fraction of sp³-hybridized carbons (Fsp3) is 0.588. The summed E-state index contributed by atoms with van der Waals surface area (Å²) in [5.41, 5.74) is 8.10. The first-order chi connectivity index (χ1) is 9.61. The molecule has 0 atom stereocenters. The van der Waals surface area contributed by atoms with Gasteiger partial charge in [-0.2, -0.15) is 0 Å². The maximum atomic E-state index is 11.5. The zero-order valence-electron chi connectivity index (χ0n) is 11.6. The fourth-order valence-corrected chi connectivity index (χ4v) is 5.48.